The summed E-state index contributed by atoms with van der Waals surface area (Å²) in [6, 6.07) is 67.7. The molecule has 2 heterocycles. The molecule has 0 amide bonds. The van der Waals surface area contributed by atoms with Crippen molar-refractivity contribution < 1.29 is 0 Å². The van der Waals surface area contributed by atoms with Gasteiger partial charge in [0.25, 0.3) is 0 Å². The number of benzene rings is 8. The molecule has 0 N–H and O–H groups in total. The minimum Gasteiger partial charge on any atom is -0.309 e. The highest BCUT2D eigenvalue weighted by atomic mass is 15.0. The van der Waals surface area contributed by atoms with E-state index in [4.69, 9.17) is 9.97 Å². The summed E-state index contributed by atoms with van der Waals surface area (Å²) < 4.78 is 2.36. The van der Waals surface area contributed by atoms with Crippen LogP contribution in [0.5, 0.6) is 0 Å². The standard InChI is InChI=1S/C53H37N3/c1-53(2)45-26-14-25-41(51(45)44-31-35-17-6-7-18-36(35)32-46(44)53)37-19-12-20-38(29-37)47-33-48(55-52(54-47)34-15-4-3-5-16-34)39-21-13-22-40(30-39)56-49-27-10-8-23-42(49)43-24-9-11-28-50(43)56/h3-33H,1-2H3. The predicted molar refractivity (Wildman–Crippen MR) is 233 cm³/mol. The summed E-state index contributed by atoms with van der Waals surface area (Å²) in [6.07, 6.45) is 0. The quantitative estimate of drug-likeness (QED) is 0.178. The van der Waals surface area contributed by atoms with Crippen molar-refractivity contribution in [1.82, 2.24) is 14.5 Å². The van der Waals surface area contributed by atoms with Gasteiger partial charge in [0.1, 0.15) is 0 Å². The number of rotatable bonds is 5. The lowest BCUT2D eigenvalue weighted by Crippen LogP contribution is -2.14. The van der Waals surface area contributed by atoms with Gasteiger partial charge in [-0.2, -0.15) is 0 Å². The van der Waals surface area contributed by atoms with E-state index in [1.807, 2.05) is 18.2 Å². The Morgan fingerprint density at radius 3 is 1.71 bits per heavy atom. The van der Waals surface area contributed by atoms with Crippen LogP contribution >= 0.6 is 0 Å². The monoisotopic (exact) mass is 715 g/mol. The molecule has 1 aliphatic rings. The third-order valence-electron chi connectivity index (χ3n) is 11.8. The number of nitrogens with zero attached hydrogens (tertiary/aromatic N) is 3. The summed E-state index contributed by atoms with van der Waals surface area (Å²) in [5.74, 6) is 0.703. The van der Waals surface area contributed by atoms with Crippen molar-refractivity contribution in [1.29, 1.82) is 0 Å². The summed E-state index contributed by atoms with van der Waals surface area (Å²) in [5.41, 5.74) is 16.0. The second kappa shape index (κ2) is 12.5. The Bertz CT molecular complexity index is 3120. The molecule has 0 unspecified atom stereocenters. The molecule has 2 aromatic heterocycles. The fourth-order valence-electron chi connectivity index (χ4n) is 9.02. The first-order valence-electron chi connectivity index (χ1n) is 19.3. The Morgan fingerprint density at radius 2 is 0.982 bits per heavy atom. The molecule has 0 spiro atoms. The SMILES string of the molecule is CC1(C)c2cc3ccccc3cc2-c2c(-c3cccc(-c4cc(-c5cccc(-n6c7ccccc7c7ccccc76)c5)nc(-c5ccccc5)n4)c3)cccc21. The highest BCUT2D eigenvalue weighted by Crippen LogP contribution is 2.53. The van der Waals surface area contributed by atoms with E-state index in [-0.39, 0.29) is 5.41 Å². The van der Waals surface area contributed by atoms with Crippen molar-refractivity contribution >= 4 is 32.6 Å². The smallest absolute Gasteiger partial charge is 0.160 e. The van der Waals surface area contributed by atoms with Crippen LogP contribution in [0.15, 0.2) is 188 Å². The molecule has 3 nitrogen and oxygen atoms in total. The minimum atomic E-state index is -0.109. The van der Waals surface area contributed by atoms with Crippen molar-refractivity contribution in [2.45, 2.75) is 19.3 Å². The summed E-state index contributed by atoms with van der Waals surface area (Å²) in [7, 11) is 0. The van der Waals surface area contributed by atoms with Crippen molar-refractivity contribution in [3.63, 3.8) is 0 Å². The molecule has 3 heteroatoms. The largest absolute Gasteiger partial charge is 0.309 e. The van der Waals surface area contributed by atoms with Gasteiger partial charge < -0.3 is 4.57 Å². The van der Waals surface area contributed by atoms with Gasteiger partial charge in [0.05, 0.1) is 22.4 Å². The molecule has 8 aromatic carbocycles. The maximum atomic E-state index is 5.24. The van der Waals surface area contributed by atoms with Crippen LogP contribution < -0.4 is 0 Å². The van der Waals surface area contributed by atoms with Crippen LogP contribution in [-0.2, 0) is 5.41 Å². The lowest BCUT2D eigenvalue weighted by molar-refractivity contribution is 0.661. The molecule has 0 aliphatic heterocycles. The zero-order valence-corrected chi connectivity index (χ0v) is 31.2. The second-order valence-corrected chi connectivity index (χ2v) is 15.4. The summed E-state index contributed by atoms with van der Waals surface area (Å²) in [4.78, 5) is 10.5. The molecule has 0 fully saturated rings. The van der Waals surface area contributed by atoms with Gasteiger partial charge in [-0.05, 0) is 92.7 Å². The van der Waals surface area contributed by atoms with E-state index in [0.29, 0.717) is 5.82 Å². The molecule has 0 atom stereocenters. The maximum Gasteiger partial charge on any atom is 0.160 e. The van der Waals surface area contributed by atoms with Crippen LogP contribution in [0.1, 0.15) is 25.0 Å². The van der Waals surface area contributed by atoms with Crippen molar-refractivity contribution in [3.8, 4) is 61.8 Å². The summed E-state index contributed by atoms with van der Waals surface area (Å²) >= 11 is 0. The average molecular weight is 716 g/mol. The molecular formula is C53H37N3. The van der Waals surface area contributed by atoms with Crippen LogP contribution in [0, 0.1) is 0 Å². The minimum absolute atomic E-state index is 0.109. The van der Waals surface area contributed by atoms with Gasteiger partial charge in [-0.3, -0.25) is 0 Å². The molecule has 0 radical (unpaired) electrons. The van der Waals surface area contributed by atoms with E-state index < -0.39 is 0 Å². The first-order valence-corrected chi connectivity index (χ1v) is 19.3. The lowest BCUT2D eigenvalue weighted by atomic mass is 9.81. The van der Waals surface area contributed by atoms with Crippen molar-refractivity contribution in [2.75, 3.05) is 0 Å². The number of hydrogen-bond donors (Lipinski definition) is 0. The van der Waals surface area contributed by atoms with E-state index in [0.717, 1.165) is 33.8 Å². The molecule has 264 valence electrons. The zero-order chi connectivity index (χ0) is 37.4. The van der Waals surface area contributed by atoms with Gasteiger partial charge in [0.2, 0.25) is 0 Å². The highest BCUT2D eigenvalue weighted by Gasteiger charge is 2.37. The first-order chi connectivity index (χ1) is 27.5. The average Bonchev–Trinajstić information content (AvgIpc) is 3.71. The van der Waals surface area contributed by atoms with Crippen LogP contribution in [0.4, 0.5) is 0 Å². The van der Waals surface area contributed by atoms with Crippen molar-refractivity contribution in [3.05, 3.63) is 199 Å². The van der Waals surface area contributed by atoms with Crippen LogP contribution in [0.3, 0.4) is 0 Å². The highest BCUT2D eigenvalue weighted by molar-refractivity contribution is 6.09. The summed E-state index contributed by atoms with van der Waals surface area (Å²) in [6.45, 7) is 4.72. The number of hydrogen-bond acceptors (Lipinski definition) is 2. The second-order valence-electron chi connectivity index (χ2n) is 15.4. The molecular weight excluding hydrogens is 679 g/mol. The fourth-order valence-corrected chi connectivity index (χ4v) is 9.02. The van der Waals surface area contributed by atoms with Crippen LogP contribution in [0.25, 0.3) is 94.4 Å². The first kappa shape index (κ1) is 32.3. The molecule has 0 bridgehead atoms. The topological polar surface area (TPSA) is 30.7 Å². The normalized spacial score (nSPS) is 13.0. The Kier molecular flexibility index (Phi) is 7.20. The van der Waals surface area contributed by atoms with Gasteiger partial charge in [0, 0.05) is 38.6 Å². The Morgan fingerprint density at radius 1 is 0.411 bits per heavy atom. The van der Waals surface area contributed by atoms with Gasteiger partial charge >= 0.3 is 0 Å². The van der Waals surface area contributed by atoms with Crippen LogP contribution in [-0.4, -0.2) is 14.5 Å². The molecule has 11 rings (SSSR count). The lowest BCUT2D eigenvalue weighted by Gasteiger charge is -2.22. The van der Waals surface area contributed by atoms with E-state index in [2.05, 4.69) is 188 Å². The Hall–Kier alpha value is -7.10. The number of para-hydroxylation sites is 2. The number of aromatic nitrogens is 3. The van der Waals surface area contributed by atoms with E-state index in [1.54, 1.807) is 0 Å². The van der Waals surface area contributed by atoms with Gasteiger partial charge in [-0.1, -0.05) is 153 Å². The van der Waals surface area contributed by atoms with E-state index in [9.17, 15) is 0 Å². The van der Waals surface area contributed by atoms with E-state index in [1.165, 1.54) is 66.0 Å². The van der Waals surface area contributed by atoms with Gasteiger partial charge in [0.15, 0.2) is 5.82 Å². The van der Waals surface area contributed by atoms with Gasteiger partial charge in [-0.25, -0.2) is 9.97 Å². The number of fused-ring (bicyclic) bond motifs is 7. The molecule has 1 aliphatic carbocycles. The van der Waals surface area contributed by atoms with E-state index >= 15 is 0 Å². The predicted octanol–water partition coefficient (Wildman–Crippen LogP) is 13.7. The third kappa shape index (κ3) is 5.05. The Balaban J connectivity index is 1.07. The Labute approximate surface area is 326 Å². The molecule has 56 heavy (non-hydrogen) atoms. The van der Waals surface area contributed by atoms with Gasteiger partial charge in [-0.15, -0.1) is 0 Å². The molecule has 0 saturated heterocycles. The van der Waals surface area contributed by atoms with Crippen LogP contribution in [0.2, 0.25) is 0 Å². The third-order valence-corrected chi connectivity index (χ3v) is 11.8. The molecule has 0 saturated carbocycles. The maximum absolute atomic E-state index is 5.24. The van der Waals surface area contributed by atoms with Crippen molar-refractivity contribution in [2.24, 2.45) is 0 Å². The fraction of sp³-hybridized carbons (Fsp3) is 0.0566. The zero-order valence-electron chi connectivity index (χ0n) is 31.2. The molecule has 10 aromatic rings. The summed E-state index contributed by atoms with van der Waals surface area (Å²) in [5, 5.41) is 5.04.